The van der Waals surface area contributed by atoms with Gasteiger partial charge >= 0.3 is 0 Å². The Balaban J connectivity index is 2.30. The zero-order valence-corrected chi connectivity index (χ0v) is 10.5. The molecule has 0 aliphatic rings. The van der Waals surface area contributed by atoms with Gasteiger partial charge in [0.15, 0.2) is 0 Å². The van der Waals surface area contributed by atoms with E-state index in [9.17, 15) is 0 Å². The van der Waals surface area contributed by atoms with Crippen LogP contribution in [0.15, 0.2) is 53.0 Å². The Morgan fingerprint density at radius 3 is 2.06 bits per heavy atom. The van der Waals surface area contributed by atoms with Gasteiger partial charge in [-0.25, -0.2) is 0 Å². The number of rotatable bonds is 0. The maximum Gasteiger partial charge on any atom is 0.0992 e. The van der Waals surface area contributed by atoms with E-state index in [1.807, 2.05) is 36.4 Å². The third kappa shape index (κ3) is 3.21. The maximum absolute atomic E-state index is 8.78. The van der Waals surface area contributed by atoms with Crippen molar-refractivity contribution in [2.24, 2.45) is 0 Å². The van der Waals surface area contributed by atoms with Crippen molar-refractivity contribution in [3.8, 4) is 17.9 Å². The van der Waals surface area contributed by atoms with Crippen LogP contribution in [-0.2, 0) is 0 Å². The van der Waals surface area contributed by atoms with Crippen molar-refractivity contribution in [3.05, 3.63) is 69.7 Å². The summed E-state index contributed by atoms with van der Waals surface area (Å²) < 4.78 is 1.01. The Kier molecular flexibility index (Phi) is 3.60. The minimum absolute atomic E-state index is 0.631. The SMILES string of the molecule is N#Cc1cccc(C#Cc2cccc(Br)c2)c1. The van der Waals surface area contributed by atoms with E-state index >= 15 is 0 Å². The van der Waals surface area contributed by atoms with Gasteiger partial charge in [0.05, 0.1) is 11.6 Å². The molecule has 0 amide bonds. The predicted octanol–water partition coefficient (Wildman–Crippen LogP) is 3.72. The topological polar surface area (TPSA) is 23.8 Å². The summed E-state index contributed by atoms with van der Waals surface area (Å²) in [5.41, 5.74) is 2.43. The van der Waals surface area contributed by atoms with Gasteiger partial charge in [-0.3, -0.25) is 0 Å². The number of hydrogen-bond donors (Lipinski definition) is 0. The predicted molar refractivity (Wildman–Crippen MR) is 71.3 cm³/mol. The van der Waals surface area contributed by atoms with Crippen molar-refractivity contribution in [3.63, 3.8) is 0 Å². The Morgan fingerprint density at radius 2 is 1.41 bits per heavy atom. The van der Waals surface area contributed by atoms with Crippen molar-refractivity contribution in [2.45, 2.75) is 0 Å². The van der Waals surface area contributed by atoms with Crippen LogP contribution < -0.4 is 0 Å². The molecular weight excluding hydrogens is 274 g/mol. The van der Waals surface area contributed by atoms with Crippen LogP contribution in [0.25, 0.3) is 0 Å². The average molecular weight is 282 g/mol. The fraction of sp³-hybridized carbons (Fsp3) is 0. The molecule has 0 saturated heterocycles. The van der Waals surface area contributed by atoms with E-state index in [1.165, 1.54) is 0 Å². The third-order valence-corrected chi connectivity index (χ3v) is 2.66. The molecule has 0 aliphatic heterocycles. The van der Waals surface area contributed by atoms with E-state index < -0.39 is 0 Å². The fourth-order valence-electron chi connectivity index (χ4n) is 1.38. The molecule has 2 aromatic carbocycles. The molecule has 2 rings (SSSR count). The van der Waals surface area contributed by atoms with Crippen LogP contribution in [0.1, 0.15) is 16.7 Å². The standard InChI is InChI=1S/C15H8BrN/c16-15-6-2-4-13(10-15)8-7-12-3-1-5-14(9-12)11-17/h1-6,9-10H. The first-order valence-corrected chi connectivity index (χ1v) is 5.85. The number of halogens is 1. The minimum atomic E-state index is 0.631. The molecule has 0 unspecified atom stereocenters. The van der Waals surface area contributed by atoms with E-state index in [-0.39, 0.29) is 0 Å². The fourth-order valence-corrected chi connectivity index (χ4v) is 1.78. The molecule has 80 valence electrons. The molecular formula is C15H8BrN. The quantitative estimate of drug-likeness (QED) is 0.675. The Hall–Kier alpha value is -2.03. The third-order valence-electron chi connectivity index (χ3n) is 2.17. The second-order valence-corrected chi connectivity index (χ2v) is 4.37. The second kappa shape index (κ2) is 5.34. The van der Waals surface area contributed by atoms with Crippen molar-refractivity contribution in [1.82, 2.24) is 0 Å². The number of nitriles is 1. The lowest BCUT2D eigenvalue weighted by Crippen LogP contribution is -1.78. The molecule has 0 bridgehead atoms. The molecule has 0 fully saturated rings. The molecule has 0 atom stereocenters. The van der Waals surface area contributed by atoms with Crippen molar-refractivity contribution >= 4 is 15.9 Å². The number of hydrogen-bond acceptors (Lipinski definition) is 1. The van der Waals surface area contributed by atoms with Crippen LogP contribution in [0.4, 0.5) is 0 Å². The van der Waals surface area contributed by atoms with Crippen LogP contribution >= 0.6 is 15.9 Å². The first kappa shape index (κ1) is 11.5. The van der Waals surface area contributed by atoms with Gasteiger partial charge in [0.1, 0.15) is 0 Å². The highest BCUT2D eigenvalue weighted by Crippen LogP contribution is 2.11. The van der Waals surface area contributed by atoms with Crippen LogP contribution in [-0.4, -0.2) is 0 Å². The molecule has 0 aliphatic carbocycles. The van der Waals surface area contributed by atoms with Crippen molar-refractivity contribution in [2.75, 3.05) is 0 Å². The molecule has 1 nitrogen and oxygen atoms in total. The first-order valence-electron chi connectivity index (χ1n) is 5.06. The summed E-state index contributed by atoms with van der Waals surface area (Å²) in [7, 11) is 0. The molecule has 0 saturated carbocycles. The Labute approximate surface area is 109 Å². The average Bonchev–Trinajstić information content (AvgIpc) is 2.37. The van der Waals surface area contributed by atoms with Gasteiger partial charge in [-0.05, 0) is 36.4 Å². The molecule has 0 spiro atoms. The van der Waals surface area contributed by atoms with Gasteiger partial charge in [0.25, 0.3) is 0 Å². The molecule has 0 aromatic heterocycles. The lowest BCUT2D eigenvalue weighted by atomic mass is 10.1. The molecule has 17 heavy (non-hydrogen) atoms. The van der Waals surface area contributed by atoms with Crippen molar-refractivity contribution < 1.29 is 0 Å². The van der Waals surface area contributed by atoms with Crippen molar-refractivity contribution in [1.29, 1.82) is 5.26 Å². The van der Waals surface area contributed by atoms with Gasteiger partial charge < -0.3 is 0 Å². The van der Waals surface area contributed by atoms with E-state index in [4.69, 9.17) is 5.26 Å². The van der Waals surface area contributed by atoms with Crippen LogP contribution in [0.5, 0.6) is 0 Å². The van der Waals surface area contributed by atoms with Gasteiger partial charge in [-0.2, -0.15) is 5.26 Å². The molecule has 2 heteroatoms. The number of benzene rings is 2. The summed E-state index contributed by atoms with van der Waals surface area (Å²) in [6.07, 6.45) is 0. The summed E-state index contributed by atoms with van der Waals surface area (Å²) in [6, 6.07) is 17.2. The zero-order chi connectivity index (χ0) is 12.1. The minimum Gasteiger partial charge on any atom is -0.192 e. The molecule has 2 aromatic rings. The lowest BCUT2D eigenvalue weighted by Gasteiger charge is -1.92. The van der Waals surface area contributed by atoms with E-state index in [0.29, 0.717) is 5.56 Å². The Morgan fingerprint density at radius 1 is 0.824 bits per heavy atom. The van der Waals surface area contributed by atoms with Gasteiger partial charge in [0.2, 0.25) is 0 Å². The second-order valence-electron chi connectivity index (χ2n) is 3.45. The van der Waals surface area contributed by atoms with E-state index in [2.05, 4.69) is 33.8 Å². The van der Waals surface area contributed by atoms with E-state index in [0.717, 1.165) is 15.6 Å². The lowest BCUT2D eigenvalue weighted by molar-refractivity contribution is 1.48. The summed E-state index contributed by atoms with van der Waals surface area (Å²) in [5, 5.41) is 8.78. The summed E-state index contributed by atoms with van der Waals surface area (Å²) in [5.74, 6) is 6.10. The van der Waals surface area contributed by atoms with Gasteiger partial charge in [-0.15, -0.1) is 0 Å². The molecule has 0 radical (unpaired) electrons. The highest BCUT2D eigenvalue weighted by molar-refractivity contribution is 9.10. The Bertz CT molecular complexity index is 642. The largest absolute Gasteiger partial charge is 0.192 e. The maximum atomic E-state index is 8.78. The molecule has 0 heterocycles. The van der Waals surface area contributed by atoms with Crippen LogP contribution in [0, 0.1) is 23.2 Å². The normalized spacial score (nSPS) is 8.94. The summed E-state index contributed by atoms with van der Waals surface area (Å²) in [4.78, 5) is 0. The monoisotopic (exact) mass is 281 g/mol. The summed E-state index contributed by atoms with van der Waals surface area (Å²) in [6.45, 7) is 0. The highest BCUT2D eigenvalue weighted by atomic mass is 79.9. The highest BCUT2D eigenvalue weighted by Gasteiger charge is 1.91. The molecule has 0 N–H and O–H groups in total. The van der Waals surface area contributed by atoms with E-state index in [1.54, 1.807) is 12.1 Å². The number of nitrogens with zero attached hydrogens (tertiary/aromatic N) is 1. The van der Waals surface area contributed by atoms with Crippen LogP contribution in [0.2, 0.25) is 0 Å². The van der Waals surface area contributed by atoms with Gasteiger partial charge in [0, 0.05) is 15.6 Å². The van der Waals surface area contributed by atoms with Crippen LogP contribution in [0.3, 0.4) is 0 Å². The smallest absolute Gasteiger partial charge is 0.0992 e. The zero-order valence-electron chi connectivity index (χ0n) is 8.94. The first-order chi connectivity index (χ1) is 8.28. The summed E-state index contributed by atoms with van der Waals surface area (Å²) >= 11 is 3.40. The van der Waals surface area contributed by atoms with Gasteiger partial charge in [-0.1, -0.05) is 39.9 Å².